The van der Waals surface area contributed by atoms with Gasteiger partial charge in [0.05, 0.1) is 22.5 Å². The molecule has 2 rings (SSSR count). The van der Waals surface area contributed by atoms with E-state index in [9.17, 15) is 9.59 Å². The molecule has 0 spiro atoms. The molecule has 0 atom stereocenters. The Hall–Kier alpha value is -2.08. The summed E-state index contributed by atoms with van der Waals surface area (Å²) < 4.78 is 0. The minimum atomic E-state index is -0.295. The maximum absolute atomic E-state index is 12.3. The van der Waals surface area contributed by atoms with Crippen LogP contribution < -0.4 is 11.5 Å². The van der Waals surface area contributed by atoms with Crippen molar-refractivity contribution in [3.8, 4) is 0 Å². The molecule has 6 nitrogen and oxygen atoms in total. The summed E-state index contributed by atoms with van der Waals surface area (Å²) in [7, 11) is 3.78. The third-order valence-corrected chi connectivity index (χ3v) is 3.36. The van der Waals surface area contributed by atoms with E-state index in [1.807, 2.05) is 19.0 Å². The van der Waals surface area contributed by atoms with E-state index in [1.165, 1.54) is 11.0 Å². The fourth-order valence-electron chi connectivity index (χ4n) is 2.18. The molecule has 0 unspecified atom stereocenters. The first-order chi connectivity index (χ1) is 8.84. The first-order valence-corrected chi connectivity index (χ1v) is 6.04. The molecule has 1 aromatic carbocycles. The van der Waals surface area contributed by atoms with Crippen molar-refractivity contribution in [3.05, 3.63) is 22.8 Å². The predicted octanol–water partition coefficient (Wildman–Crippen LogP) is 0.317. The molecule has 4 N–H and O–H groups in total. The average Bonchev–Trinajstić information content (AvgIpc) is 2.56. The highest BCUT2D eigenvalue weighted by atomic mass is 16.2. The van der Waals surface area contributed by atoms with Crippen LogP contribution in [-0.2, 0) is 0 Å². The second-order valence-corrected chi connectivity index (χ2v) is 4.99. The molecule has 0 bridgehead atoms. The van der Waals surface area contributed by atoms with Crippen molar-refractivity contribution in [1.29, 1.82) is 0 Å². The Bertz CT molecular complexity index is 566. The van der Waals surface area contributed by atoms with E-state index in [1.54, 1.807) is 6.92 Å². The Morgan fingerprint density at radius 2 is 1.84 bits per heavy atom. The summed E-state index contributed by atoms with van der Waals surface area (Å²) in [5.41, 5.74) is 13.6. The van der Waals surface area contributed by atoms with E-state index in [0.29, 0.717) is 41.2 Å². The van der Waals surface area contributed by atoms with Crippen LogP contribution in [0.5, 0.6) is 0 Å². The zero-order chi connectivity index (χ0) is 14.3. The van der Waals surface area contributed by atoms with Gasteiger partial charge in [0.2, 0.25) is 0 Å². The summed E-state index contributed by atoms with van der Waals surface area (Å²) in [4.78, 5) is 27.7. The second kappa shape index (κ2) is 4.55. The van der Waals surface area contributed by atoms with Crippen molar-refractivity contribution in [3.63, 3.8) is 0 Å². The fraction of sp³-hybridized carbons (Fsp3) is 0.385. The highest BCUT2D eigenvalue weighted by molar-refractivity contribution is 6.23. The lowest BCUT2D eigenvalue weighted by Crippen LogP contribution is -2.36. The lowest BCUT2D eigenvalue weighted by atomic mass is 10.0. The van der Waals surface area contributed by atoms with Gasteiger partial charge in [0.25, 0.3) is 11.8 Å². The summed E-state index contributed by atoms with van der Waals surface area (Å²) in [5, 5.41) is 0. The van der Waals surface area contributed by atoms with E-state index in [0.717, 1.165) is 0 Å². The number of carbonyl (C=O) groups excluding carboxylic acids is 2. The maximum atomic E-state index is 12.3. The summed E-state index contributed by atoms with van der Waals surface area (Å²) in [6.45, 7) is 2.69. The van der Waals surface area contributed by atoms with E-state index < -0.39 is 0 Å². The molecule has 0 fully saturated rings. The first-order valence-electron chi connectivity index (χ1n) is 6.04. The van der Waals surface area contributed by atoms with Gasteiger partial charge in [-0.1, -0.05) is 0 Å². The third kappa shape index (κ3) is 2.04. The maximum Gasteiger partial charge on any atom is 0.261 e. The number of nitrogen functional groups attached to an aromatic ring is 2. The largest absolute Gasteiger partial charge is 0.397 e. The smallest absolute Gasteiger partial charge is 0.261 e. The van der Waals surface area contributed by atoms with Crippen LogP contribution in [0.2, 0.25) is 0 Å². The Kier molecular flexibility index (Phi) is 3.20. The van der Waals surface area contributed by atoms with Crippen LogP contribution in [0.25, 0.3) is 0 Å². The van der Waals surface area contributed by atoms with Gasteiger partial charge in [-0.25, -0.2) is 0 Å². The summed E-state index contributed by atoms with van der Waals surface area (Å²) in [6, 6.07) is 1.49. The minimum Gasteiger partial charge on any atom is -0.397 e. The number of hydrogen-bond acceptors (Lipinski definition) is 5. The molecule has 1 aliphatic heterocycles. The Balaban J connectivity index is 2.42. The topological polar surface area (TPSA) is 92.7 Å². The van der Waals surface area contributed by atoms with E-state index >= 15 is 0 Å². The van der Waals surface area contributed by atoms with Crippen LogP contribution >= 0.6 is 0 Å². The van der Waals surface area contributed by atoms with Crippen LogP contribution in [0.1, 0.15) is 26.3 Å². The van der Waals surface area contributed by atoms with Crippen LogP contribution in [0.3, 0.4) is 0 Å². The van der Waals surface area contributed by atoms with E-state index in [4.69, 9.17) is 11.5 Å². The van der Waals surface area contributed by atoms with Gasteiger partial charge < -0.3 is 16.4 Å². The molecule has 0 radical (unpaired) electrons. The number of nitrogens with zero attached hydrogens (tertiary/aromatic N) is 2. The molecular weight excluding hydrogens is 244 g/mol. The fourth-order valence-corrected chi connectivity index (χ4v) is 2.18. The van der Waals surface area contributed by atoms with Crippen molar-refractivity contribution in [1.82, 2.24) is 9.80 Å². The van der Waals surface area contributed by atoms with Gasteiger partial charge in [-0.2, -0.15) is 0 Å². The number of benzene rings is 1. The van der Waals surface area contributed by atoms with E-state index in [-0.39, 0.29) is 11.8 Å². The highest BCUT2D eigenvalue weighted by Gasteiger charge is 2.37. The number of fused-ring (bicyclic) bond motifs is 1. The SMILES string of the molecule is Cc1c(N)c(N)cc2c1C(=O)N(CCN(C)C)C2=O. The molecule has 6 heteroatoms. The Morgan fingerprint density at radius 1 is 1.21 bits per heavy atom. The quantitative estimate of drug-likeness (QED) is 0.604. The van der Waals surface area contributed by atoms with Gasteiger partial charge in [-0.3, -0.25) is 14.5 Å². The molecule has 0 aromatic heterocycles. The van der Waals surface area contributed by atoms with Crippen LogP contribution in [0.4, 0.5) is 11.4 Å². The van der Waals surface area contributed by atoms with Crippen LogP contribution in [0.15, 0.2) is 6.07 Å². The van der Waals surface area contributed by atoms with Gasteiger partial charge in [-0.15, -0.1) is 0 Å². The number of carbonyl (C=O) groups is 2. The van der Waals surface area contributed by atoms with Gasteiger partial charge in [0.1, 0.15) is 0 Å². The zero-order valence-electron chi connectivity index (χ0n) is 11.4. The minimum absolute atomic E-state index is 0.286. The molecule has 19 heavy (non-hydrogen) atoms. The van der Waals surface area contributed by atoms with Gasteiger partial charge in [0, 0.05) is 13.1 Å². The number of hydrogen-bond donors (Lipinski definition) is 2. The van der Waals surface area contributed by atoms with Gasteiger partial charge in [0.15, 0.2) is 0 Å². The molecule has 1 aliphatic rings. The first kappa shape index (κ1) is 13.4. The molecule has 102 valence electrons. The lowest BCUT2D eigenvalue weighted by Gasteiger charge is -2.16. The second-order valence-electron chi connectivity index (χ2n) is 4.99. The average molecular weight is 262 g/mol. The normalized spacial score (nSPS) is 14.4. The molecule has 1 aromatic rings. The zero-order valence-corrected chi connectivity index (χ0v) is 11.4. The highest BCUT2D eigenvalue weighted by Crippen LogP contribution is 2.32. The Labute approximate surface area is 112 Å². The number of amides is 2. The molecule has 0 aliphatic carbocycles. The van der Waals surface area contributed by atoms with Crippen LogP contribution in [0, 0.1) is 6.92 Å². The van der Waals surface area contributed by atoms with Crippen molar-refractivity contribution < 1.29 is 9.59 Å². The van der Waals surface area contributed by atoms with E-state index in [2.05, 4.69) is 0 Å². The number of imide groups is 1. The van der Waals surface area contributed by atoms with Crippen LogP contribution in [-0.4, -0.2) is 48.8 Å². The summed E-state index contributed by atoms with van der Waals surface area (Å²) >= 11 is 0. The van der Waals surface area contributed by atoms with Crippen molar-refractivity contribution >= 4 is 23.2 Å². The number of anilines is 2. The molecule has 1 heterocycles. The molecule has 2 amide bonds. The standard InChI is InChI=1S/C13H18N4O2/c1-7-10-8(6-9(14)11(7)15)12(18)17(13(10)19)5-4-16(2)3/h6H,4-5,14-15H2,1-3H3. The van der Waals surface area contributed by atoms with Crippen molar-refractivity contribution in [2.45, 2.75) is 6.92 Å². The predicted molar refractivity (Wildman–Crippen MR) is 73.9 cm³/mol. The molecule has 0 saturated heterocycles. The molecular formula is C13H18N4O2. The number of nitrogens with two attached hydrogens (primary N) is 2. The Morgan fingerprint density at radius 3 is 2.42 bits per heavy atom. The number of likely N-dealkylation sites (N-methyl/N-ethyl adjacent to an activating group) is 1. The lowest BCUT2D eigenvalue weighted by molar-refractivity contribution is 0.0645. The van der Waals surface area contributed by atoms with Crippen molar-refractivity contribution in [2.24, 2.45) is 0 Å². The summed E-state index contributed by atoms with van der Waals surface area (Å²) in [6.07, 6.45) is 0. The monoisotopic (exact) mass is 262 g/mol. The summed E-state index contributed by atoms with van der Waals surface area (Å²) in [5.74, 6) is -0.581. The van der Waals surface area contributed by atoms with Gasteiger partial charge in [-0.05, 0) is 32.6 Å². The van der Waals surface area contributed by atoms with Crippen molar-refractivity contribution in [2.75, 3.05) is 38.7 Å². The number of rotatable bonds is 3. The van der Waals surface area contributed by atoms with Gasteiger partial charge >= 0.3 is 0 Å². The third-order valence-electron chi connectivity index (χ3n) is 3.36. The molecule has 0 saturated carbocycles.